The monoisotopic (exact) mass is 404 g/mol. The molecule has 2 heterocycles. The highest BCUT2D eigenvalue weighted by Gasteiger charge is 2.24. The van der Waals surface area contributed by atoms with Crippen molar-refractivity contribution in [2.24, 2.45) is 0 Å². The van der Waals surface area contributed by atoms with Crippen LogP contribution in [0.5, 0.6) is 5.75 Å². The standard InChI is InChI=1S/C18H20N4O5S/c23-16-12-13(5-6-14(16)20-28(26)27)17(24)21-8-3-9-22(11-10-21)18(25)15-4-1-2-7-19-15/h1-2,4-7,12,23,28H,3,8-11H2,(H,20,26,27). The van der Waals surface area contributed by atoms with Gasteiger partial charge in [0, 0.05) is 37.9 Å². The summed E-state index contributed by atoms with van der Waals surface area (Å²) < 4.78 is 23.5. The average molecular weight is 404 g/mol. The second-order valence-electron chi connectivity index (χ2n) is 6.25. The smallest absolute Gasteiger partial charge is 0.272 e. The van der Waals surface area contributed by atoms with Crippen LogP contribution in [0.4, 0.5) is 5.69 Å². The third kappa shape index (κ3) is 4.58. The minimum absolute atomic E-state index is 0.00987. The molecule has 1 aliphatic heterocycles. The summed E-state index contributed by atoms with van der Waals surface area (Å²) in [5, 5.41) is 9.92. The lowest BCUT2D eigenvalue weighted by Crippen LogP contribution is -2.37. The molecule has 0 bridgehead atoms. The van der Waals surface area contributed by atoms with Gasteiger partial charge in [0.2, 0.25) is 10.9 Å². The molecular formula is C18H20N4O5S. The predicted octanol–water partition coefficient (Wildman–Crippen LogP) is 0.714. The van der Waals surface area contributed by atoms with Crippen LogP contribution in [0.1, 0.15) is 27.3 Å². The zero-order valence-corrected chi connectivity index (χ0v) is 15.8. The zero-order chi connectivity index (χ0) is 20.1. The zero-order valence-electron chi connectivity index (χ0n) is 14.9. The van der Waals surface area contributed by atoms with E-state index in [1.54, 1.807) is 34.2 Å². The van der Waals surface area contributed by atoms with Gasteiger partial charge >= 0.3 is 0 Å². The highest BCUT2D eigenvalue weighted by atomic mass is 32.2. The van der Waals surface area contributed by atoms with E-state index in [1.165, 1.54) is 18.2 Å². The van der Waals surface area contributed by atoms with Gasteiger partial charge in [0.25, 0.3) is 11.8 Å². The molecule has 10 heteroatoms. The Morgan fingerprint density at radius 1 is 1.00 bits per heavy atom. The molecule has 28 heavy (non-hydrogen) atoms. The van der Waals surface area contributed by atoms with Crippen LogP contribution in [-0.4, -0.2) is 66.3 Å². The Balaban J connectivity index is 1.67. The van der Waals surface area contributed by atoms with Crippen LogP contribution in [0.3, 0.4) is 0 Å². The molecule has 1 saturated heterocycles. The number of aromatic nitrogens is 1. The molecule has 2 amide bonds. The normalized spacial score (nSPS) is 14.6. The number of carbonyl (C=O) groups is 2. The van der Waals surface area contributed by atoms with E-state index in [-0.39, 0.29) is 28.8 Å². The molecular weight excluding hydrogens is 384 g/mol. The van der Waals surface area contributed by atoms with Crippen molar-refractivity contribution in [1.29, 1.82) is 0 Å². The topological polar surface area (TPSA) is 120 Å². The van der Waals surface area contributed by atoms with Gasteiger partial charge in [-0.15, -0.1) is 0 Å². The lowest BCUT2D eigenvalue weighted by Gasteiger charge is -2.22. The number of phenols is 1. The Hall–Kier alpha value is -3.14. The van der Waals surface area contributed by atoms with Crippen molar-refractivity contribution < 1.29 is 23.1 Å². The summed E-state index contributed by atoms with van der Waals surface area (Å²) in [5.74, 6) is -0.790. The molecule has 0 unspecified atom stereocenters. The van der Waals surface area contributed by atoms with Crippen LogP contribution < -0.4 is 4.72 Å². The summed E-state index contributed by atoms with van der Waals surface area (Å²) in [7, 11) is -2.91. The molecule has 1 fully saturated rings. The van der Waals surface area contributed by atoms with E-state index >= 15 is 0 Å². The highest BCUT2D eigenvalue weighted by Crippen LogP contribution is 2.25. The second kappa shape index (κ2) is 8.70. The van der Waals surface area contributed by atoms with E-state index in [0.717, 1.165) is 0 Å². The fourth-order valence-electron chi connectivity index (χ4n) is 3.02. The summed E-state index contributed by atoms with van der Waals surface area (Å²) in [6.45, 7) is 1.72. The lowest BCUT2D eigenvalue weighted by atomic mass is 10.1. The van der Waals surface area contributed by atoms with Gasteiger partial charge in [-0.2, -0.15) is 0 Å². The molecule has 0 saturated carbocycles. The summed E-state index contributed by atoms with van der Waals surface area (Å²) >= 11 is 0. The van der Waals surface area contributed by atoms with Gasteiger partial charge in [-0.3, -0.25) is 19.3 Å². The van der Waals surface area contributed by atoms with Gasteiger partial charge < -0.3 is 14.9 Å². The third-order valence-electron chi connectivity index (χ3n) is 4.41. The molecule has 1 aliphatic rings. The first-order valence-electron chi connectivity index (χ1n) is 8.69. The minimum Gasteiger partial charge on any atom is -0.506 e. The maximum atomic E-state index is 12.7. The van der Waals surface area contributed by atoms with Gasteiger partial charge in [0.15, 0.2) is 0 Å². The molecule has 2 N–H and O–H groups in total. The van der Waals surface area contributed by atoms with Gasteiger partial charge in [0.1, 0.15) is 11.4 Å². The second-order valence-corrected chi connectivity index (χ2v) is 6.99. The number of thiol groups is 1. The van der Waals surface area contributed by atoms with Crippen LogP contribution in [0, 0.1) is 0 Å². The number of rotatable bonds is 4. The number of carbonyl (C=O) groups excluding carboxylic acids is 2. The largest absolute Gasteiger partial charge is 0.506 e. The van der Waals surface area contributed by atoms with Gasteiger partial charge in [-0.1, -0.05) is 6.07 Å². The van der Waals surface area contributed by atoms with E-state index in [9.17, 15) is 23.1 Å². The number of nitrogens with zero attached hydrogens (tertiary/aromatic N) is 3. The Labute approximate surface area is 163 Å². The molecule has 0 atom stereocenters. The van der Waals surface area contributed by atoms with Crippen LogP contribution >= 0.6 is 0 Å². The number of amides is 2. The fourth-order valence-corrected chi connectivity index (χ4v) is 3.40. The summed E-state index contributed by atoms with van der Waals surface area (Å²) in [4.78, 5) is 32.6. The van der Waals surface area contributed by atoms with E-state index in [0.29, 0.717) is 38.3 Å². The summed E-state index contributed by atoms with van der Waals surface area (Å²) in [6.07, 6.45) is 2.18. The SMILES string of the molecule is O=C(c1ccc(N[SH](=O)=O)c(O)c1)N1CCCN(C(=O)c2ccccn2)CC1. The average Bonchev–Trinajstić information content (AvgIpc) is 2.95. The van der Waals surface area contributed by atoms with Crippen molar-refractivity contribution in [2.45, 2.75) is 6.42 Å². The molecule has 0 aliphatic carbocycles. The number of pyridine rings is 1. The van der Waals surface area contributed by atoms with Crippen molar-refractivity contribution in [3.63, 3.8) is 0 Å². The minimum atomic E-state index is -2.91. The van der Waals surface area contributed by atoms with Crippen LogP contribution in [0.15, 0.2) is 42.6 Å². The molecule has 148 valence electrons. The fraction of sp³-hybridized carbons (Fsp3) is 0.278. The summed E-state index contributed by atoms with van der Waals surface area (Å²) in [5.41, 5.74) is 0.622. The van der Waals surface area contributed by atoms with Gasteiger partial charge in [0.05, 0.1) is 5.69 Å². The Bertz CT molecular complexity index is 940. The van der Waals surface area contributed by atoms with Gasteiger partial charge in [-0.05, 0) is 36.8 Å². The first-order chi connectivity index (χ1) is 13.5. The number of hydrogen-bond donors (Lipinski definition) is 3. The van der Waals surface area contributed by atoms with Crippen molar-refractivity contribution in [2.75, 3.05) is 30.9 Å². The Morgan fingerprint density at radius 3 is 2.32 bits per heavy atom. The molecule has 0 radical (unpaired) electrons. The quantitative estimate of drug-likeness (QED) is 0.510. The molecule has 3 rings (SSSR count). The molecule has 1 aromatic carbocycles. The highest BCUT2D eigenvalue weighted by molar-refractivity contribution is 7.73. The van der Waals surface area contributed by atoms with E-state index in [4.69, 9.17) is 0 Å². The van der Waals surface area contributed by atoms with Crippen LogP contribution in [0.25, 0.3) is 0 Å². The van der Waals surface area contributed by atoms with Crippen molar-refractivity contribution in [3.8, 4) is 5.75 Å². The number of nitrogens with one attached hydrogen (secondary N) is 1. The molecule has 9 nitrogen and oxygen atoms in total. The number of phenolic OH excluding ortho intramolecular Hbond substituents is 1. The summed E-state index contributed by atoms with van der Waals surface area (Å²) in [6, 6.07) is 9.16. The van der Waals surface area contributed by atoms with Crippen molar-refractivity contribution in [1.82, 2.24) is 14.8 Å². The Kier molecular flexibility index (Phi) is 6.09. The maximum Gasteiger partial charge on any atom is 0.272 e. The predicted molar refractivity (Wildman–Crippen MR) is 103 cm³/mol. The molecule has 2 aromatic rings. The van der Waals surface area contributed by atoms with E-state index in [2.05, 4.69) is 9.71 Å². The van der Waals surface area contributed by atoms with Crippen LogP contribution in [0.2, 0.25) is 0 Å². The Morgan fingerprint density at radius 2 is 1.71 bits per heavy atom. The first-order valence-corrected chi connectivity index (χ1v) is 9.87. The van der Waals surface area contributed by atoms with Crippen molar-refractivity contribution >= 4 is 28.4 Å². The van der Waals surface area contributed by atoms with E-state index in [1.807, 2.05) is 0 Å². The number of aromatic hydroxyl groups is 1. The number of hydrogen-bond acceptors (Lipinski definition) is 6. The third-order valence-corrected chi connectivity index (χ3v) is 4.83. The maximum absolute atomic E-state index is 12.7. The lowest BCUT2D eigenvalue weighted by molar-refractivity contribution is 0.0715. The molecule has 1 aromatic heterocycles. The van der Waals surface area contributed by atoms with Gasteiger partial charge in [-0.25, -0.2) is 8.42 Å². The number of benzene rings is 1. The molecule has 0 spiro atoms. The van der Waals surface area contributed by atoms with Crippen LogP contribution in [-0.2, 0) is 10.9 Å². The number of anilines is 1. The van der Waals surface area contributed by atoms with Crippen molar-refractivity contribution in [3.05, 3.63) is 53.9 Å². The first kappa shape index (κ1) is 19.6. The van der Waals surface area contributed by atoms with E-state index < -0.39 is 10.9 Å².